The maximum atomic E-state index is 5.22. The summed E-state index contributed by atoms with van der Waals surface area (Å²) < 4.78 is 7.25. The third-order valence-corrected chi connectivity index (χ3v) is 2.52. The molecule has 0 fully saturated rings. The number of aromatic nitrogens is 2. The second kappa shape index (κ2) is 4.49. The summed E-state index contributed by atoms with van der Waals surface area (Å²) in [4.78, 5) is 4.24. The molecule has 2 rings (SSSR count). The van der Waals surface area contributed by atoms with E-state index in [-0.39, 0.29) is 0 Å². The van der Waals surface area contributed by atoms with Crippen LogP contribution in [0.25, 0.3) is 5.69 Å². The lowest BCUT2D eigenvalue weighted by Gasteiger charge is -2.10. The number of hydrogen-bond donors (Lipinski definition) is 0. The molecule has 1 heterocycles. The molecule has 0 spiro atoms. The highest BCUT2D eigenvalue weighted by Crippen LogP contribution is 2.17. The van der Waals surface area contributed by atoms with Crippen LogP contribution in [0.15, 0.2) is 30.7 Å². The van der Waals surface area contributed by atoms with Crippen molar-refractivity contribution in [1.29, 1.82) is 0 Å². The number of nitrogens with zero attached hydrogens (tertiary/aromatic N) is 2. The zero-order valence-electron chi connectivity index (χ0n) is 9.90. The molecule has 0 amide bonds. The highest BCUT2D eigenvalue weighted by atomic mass is 16.5. The fraction of sp³-hybridized carbons (Fsp3) is 0.308. The van der Waals surface area contributed by atoms with Gasteiger partial charge in [0, 0.05) is 18.9 Å². The largest absolute Gasteiger partial charge is 0.380 e. The van der Waals surface area contributed by atoms with E-state index in [0.29, 0.717) is 6.61 Å². The molecule has 1 aromatic heterocycles. The molecule has 0 saturated heterocycles. The highest BCUT2D eigenvalue weighted by Gasteiger charge is 2.05. The van der Waals surface area contributed by atoms with E-state index >= 15 is 0 Å². The lowest BCUT2D eigenvalue weighted by atomic mass is 10.1. The van der Waals surface area contributed by atoms with Crippen LogP contribution in [0, 0.1) is 13.8 Å². The molecule has 3 heteroatoms. The van der Waals surface area contributed by atoms with Gasteiger partial charge in [-0.15, -0.1) is 0 Å². The van der Waals surface area contributed by atoms with Crippen LogP contribution in [0.3, 0.4) is 0 Å². The van der Waals surface area contributed by atoms with Gasteiger partial charge in [-0.3, -0.25) is 0 Å². The van der Waals surface area contributed by atoms with E-state index in [2.05, 4.69) is 30.1 Å². The topological polar surface area (TPSA) is 27.1 Å². The van der Waals surface area contributed by atoms with Crippen molar-refractivity contribution >= 4 is 0 Å². The van der Waals surface area contributed by atoms with E-state index < -0.39 is 0 Å². The number of aryl methyl sites for hydroxylation is 2. The summed E-state index contributed by atoms with van der Waals surface area (Å²) in [5.74, 6) is 0. The molecule has 0 bridgehead atoms. The Balaban J connectivity index is 2.47. The molecular weight excluding hydrogens is 200 g/mol. The van der Waals surface area contributed by atoms with Crippen molar-refractivity contribution in [2.24, 2.45) is 0 Å². The van der Waals surface area contributed by atoms with Crippen molar-refractivity contribution in [2.45, 2.75) is 20.5 Å². The number of methoxy groups -OCH3 is 1. The van der Waals surface area contributed by atoms with Crippen LogP contribution in [0.2, 0.25) is 0 Å². The van der Waals surface area contributed by atoms with Crippen molar-refractivity contribution in [1.82, 2.24) is 9.55 Å². The molecule has 2 aromatic rings. The molecule has 84 valence electrons. The van der Waals surface area contributed by atoms with Crippen molar-refractivity contribution in [2.75, 3.05) is 7.11 Å². The van der Waals surface area contributed by atoms with Crippen molar-refractivity contribution in [3.8, 4) is 5.69 Å². The summed E-state index contributed by atoms with van der Waals surface area (Å²) in [6.45, 7) is 4.69. The standard InChI is InChI=1S/C13H16N2O/c1-10-4-5-13(12(6-10)8-16-3)15-7-11(2)14-9-15/h4-7,9H,8H2,1-3H3. The Kier molecular flexibility index (Phi) is 3.06. The first-order valence-corrected chi connectivity index (χ1v) is 5.30. The first-order valence-electron chi connectivity index (χ1n) is 5.30. The summed E-state index contributed by atoms with van der Waals surface area (Å²) in [5, 5.41) is 0. The highest BCUT2D eigenvalue weighted by molar-refractivity contribution is 5.43. The SMILES string of the molecule is COCc1cc(C)ccc1-n1cnc(C)c1. The predicted octanol–water partition coefficient (Wildman–Crippen LogP) is 2.64. The summed E-state index contributed by atoms with van der Waals surface area (Å²) in [6.07, 6.45) is 3.85. The summed E-state index contributed by atoms with van der Waals surface area (Å²) in [6, 6.07) is 6.35. The first-order chi connectivity index (χ1) is 7.70. The average Bonchev–Trinajstić information content (AvgIpc) is 2.65. The fourth-order valence-electron chi connectivity index (χ4n) is 1.79. The molecule has 0 radical (unpaired) electrons. The van der Waals surface area contributed by atoms with Gasteiger partial charge >= 0.3 is 0 Å². The van der Waals surface area contributed by atoms with Crippen molar-refractivity contribution in [3.63, 3.8) is 0 Å². The van der Waals surface area contributed by atoms with Crippen LogP contribution in [0.1, 0.15) is 16.8 Å². The molecule has 0 N–H and O–H groups in total. The number of imidazole rings is 1. The van der Waals surface area contributed by atoms with Gasteiger partial charge in [-0.1, -0.05) is 17.7 Å². The minimum absolute atomic E-state index is 0.619. The Labute approximate surface area is 95.7 Å². The zero-order chi connectivity index (χ0) is 11.5. The molecule has 0 unspecified atom stereocenters. The van der Waals surface area contributed by atoms with E-state index in [1.807, 2.05) is 24.0 Å². The lowest BCUT2D eigenvalue weighted by Crippen LogP contribution is -1.99. The van der Waals surface area contributed by atoms with Gasteiger partial charge < -0.3 is 9.30 Å². The third kappa shape index (κ3) is 2.14. The Morgan fingerprint density at radius 3 is 2.75 bits per heavy atom. The van der Waals surface area contributed by atoms with Gasteiger partial charge in [0.15, 0.2) is 0 Å². The van der Waals surface area contributed by atoms with Crippen molar-refractivity contribution < 1.29 is 4.74 Å². The van der Waals surface area contributed by atoms with Gasteiger partial charge in [-0.2, -0.15) is 0 Å². The van der Waals surface area contributed by atoms with Crippen LogP contribution in [-0.2, 0) is 11.3 Å². The van der Waals surface area contributed by atoms with Crippen LogP contribution in [0.4, 0.5) is 0 Å². The lowest BCUT2D eigenvalue weighted by molar-refractivity contribution is 0.184. The van der Waals surface area contributed by atoms with E-state index in [0.717, 1.165) is 11.4 Å². The van der Waals surface area contributed by atoms with Crippen LogP contribution in [0.5, 0.6) is 0 Å². The molecule has 0 atom stereocenters. The Morgan fingerprint density at radius 2 is 2.12 bits per heavy atom. The molecule has 0 aliphatic heterocycles. The second-order valence-electron chi connectivity index (χ2n) is 3.99. The Hall–Kier alpha value is -1.61. The molecule has 0 aliphatic carbocycles. The summed E-state index contributed by atoms with van der Waals surface area (Å²) >= 11 is 0. The van der Waals surface area contributed by atoms with E-state index in [9.17, 15) is 0 Å². The first kappa shape index (κ1) is 10.9. The van der Waals surface area contributed by atoms with Gasteiger partial charge in [0.1, 0.15) is 0 Å². The van der Waals surface area contributed by atoms with E-state index in [1.54, 1.807) is 7.11 Å². The third-order valence-electron chi connectivity index (χ3n) is 2.52. The van der Waals surface area contributed by atoms with E-state index in [1.165, 1.54) is 11.1 Å². The molecular formula is C13H16N2O. The predicted molar refractivity (Wildman–Crippen MR) is 63.8 cm³/mol. The van der Waals surface area contributed by atoms with Gasteiger partial charge in [-0.25, -0.2) is 4.98 Å². The zero-order valence-corrected chi connectivity index (χ0v) is 9.90. The quantitative estimate of drug-likeness (QED) is 0.788. The number of rotatable bonds is 3. The normalized spacial score (nSPS) is 10.7. The second-order valence-corrected chi connectivity index (χ2v) is 3.99. The van der Waals surface area contributed by atoms with Crippen LogP contribution < -0.4 is 0 Å². The monoisotopic (exact) mass is 216 g/mol. The molecule has 0 aliphatic rings. The fourth-order valence-corrected chi connectivity index (χ4v) is 1.79. The van der Waals surface area contributed by atoms with Crippen molar-refractivity contribution in [3.05, 3.63) is 47.5 Å². The molecule has 0 saturated carbocycles. The number of ether oxygens (including phenoxy) is 1. The number of benzene rings is 1. The van der Waals surface area contributed by atoms with Crippen LogP contribution >= 0.6 is 0 Å². The number of hydrogen-bond acceptors (Lipinski definition) is 2. The van der Waals surface area contributed by atoms with Gasteiger partial charge in [0.25, 0.3) is 0 Å². The van der Waals surface area contributed by atoms with Gasteiger partial charge in [0.2, 0.25) is 0 Å². The van der Waals surface area contributed by atoms with Crippen LogP contribution in [-0.4, -0.2) is 16.7 Å². The Morgan fingerprint density at radius 1 is 1.31 bits per heavy atom. The minimum atomic E-state index is 0.619. The van der Waals surface area contributed by atoms with Gasteiger partial charge in [-0.05, 0) is 19.9 Å². The molecule has 16 heavy (non-hydrogen) atoms. The summed E-state index contributed by atoms with van der Waals surface area (Å²) in [5.41, 5.74) is 4.57. The smallest absolute Gasteiger partial charge is 0.0995 e. The Bertz CT molecular complexity index is 488. The average molecular weight is 216 g/mol. The van der Waals surface area contributed by atoms with E-state index in [4.69, 9.17) is 4.74 Å². The minimum Gasteiger partial charge on any atom is -0.380 e. The molecule has 3 nitrogen and oxygen atoms in total. The van der Waals surface area contributed by atoms with Gasteiger partial charge in [0.05, 0.1) is 24.3 Å². The summed E-state index contributed by atoms with van der Waals surface area (Å²) in [7, 11) is 1.71. The molecule has 1 aromatic carbocycles. The maximum Gasteiger partial charge on any atom is 0.0995 e. The maximum absolute atomic E-state index is 5.22.